The summed E-state index contributed by atoms with van der Waals surface area (Å²) in [7, 11) is 0. The molecule has 2 unspecified atom stereocenters. The molecule has 1 heteroatoms. The first-order valence-electron chi connectivity index (χ1n) is 5.72. The van der Waals surface area contributed by atoms with Crippen molar-refractivity contribution in [3.63, 3.8) is 0 Å². The molecule has 0 aromatic rings. The van der Waals surface area contributed by atoms with Gasteiger partial charge in [-0.25, -0.2) is 0 Å². The molecule has 0 N–H and O–H groups in total. The zero-order valence-corrected chi connectivity index (χ0v) is 9.93. The molecule has 0 saturated carbocycles. The summed E-state index contributed by atoms with van der Waals surface area (Å²) in [5.41, 5.74) is 0.600. The Hall–Kier alpha value is -0.0400. The van der Waals surface area contributed by atoms with Crippen molar-refractivity contribution >= 4 is 0 Å². The van der Waals surface area contributed by atoms with E-state index in [2.05, 4.69) is 39.5 Å². The van der Waals surface area contributed by atoms with Crippen molar-refractivity contribution in [1.29, 1.82) is 0 Å². The van der Waals surface area contributed by atoms with Crippen molar-refractivity contribution < 1.29 is 0 Å². The Morgan fingerprint density at radius 1 is 1.31 bits per heavy atom. The minimum Gasteiger partial charge on any atom is -0.300 e. The van der Waals surface area contributed by atoms with Crippen molar-refractivity contribution in [3.8, 4) is 0 Å². The van der Waals surface area contributed by atoms with Crippen molar-refractivity contribution in [2.45, 2.75) is 53.5 Å². The van der Waals surface area contributed by atoms with E-state index < -0.39 is 0 Å². The summed E-state index contributed by atoms with van der Waals surface area (Å²) in [6.45, 7) is 14.4. The second-order valence-electron chi connectivity index (χ2n) is 5.37. The van der Waals surface area contributed by atoms with Crippen LogP contribution in [0.5, 0.6) is 0 Å². The Bertz CT molecular complexity index is 165. The zero-order chi connectivity index (χ0) is 10.1. The fourth-order valence-corrected chi connectivity index (χ4v) is 2.12. The Balaban J connectivity index is 2.49. The van der Waals surface area contributed by atoms with Gasteiger partial charge < -0.3 is 0 Å². The Morgan fingerprint density at radius 2 is 1.92 bits per heavy atom. The molecule has 0 aromatic carbocycles. The lowest BCUT2D eigenvalue weighted by molar-refractivity contribution is 0.181. The second kappa shape index (κ2) is 4.00. The highest BCUT2D eigenvalue weighted by molar-refractivity contribution is 4.88. The van der Waals surface area contributed by atoms with Gasteiger partial charge in [0, 0.05) is 12.6 Å². The molecule has 1 saturated heterocycles. The zero-order valence-electron chi connectivity index (χ0n) is 9.93. The molecule has 0 bridgehead atoms. The first kappa shape index (κ1) is 11.0. The molecule has 0 spiro atoms. The molecule has 1 nitrogen and oxygen atoms in total. The Kier molecular flexibility index (Phi) is 3.39. The normalized spacial score (nSPS) is 32.8. The molecule has 1 heterocycles. The molecule has 2 atom stereocenters. The van der Waals surface area contributed by atoms with Gasteiger partial charge in [-0.1, -0.05) is 27.7 Å². The smallest absolute Gasteiger partial charge is 0.00901 e. The van der Waals surface area contributed by atoms with E-state index in [1.807, 2.05) is 0 Å². The second-order valence-corrected chi connectivity index (χ2v) is 5.37. The van der Waals surface area contributed by atoms with E-state index in [0.29, 0.717) is 5.41 Å². The third kappa shape index (κ3) is 2.46. The van der Waals surface area contributed by atoms with E-state index in [1.165, 1.54) is 25.9 Å². The average molecular weight is 183 g/mol. The standard InChI is InChI=1S/C12H25N/c1-6-12(5)7-8-13(9-12)11(4)10(2)3/h10-11H,6-9H2,1-5H3. The van der Waals surface area contributed by atoms with Crippen LogP contribution in [0.25, 0.3) is 0 Å². The number of hydrogen-bond acceptors (Lipinski definition) is 1. The third-order valence-electron chi connectivity index (χ3n) is 3.98. The predicted octanol–water partition coefficient (Wildman–Crippen LogP) is 3.15. The first-order valence-corrected chi connectivity index (χ1v) is 5.72. The highest BCUT2D eigenvalue weighted by Crippen LogP contribution is 2.34. The molecule has 13 heavy (non-hydrogen) atoms. The van der Waals surface area contributed by atoms with Crippen LogP contribution in [-0.4, -0.2) is 24.0 Å². The van der Waals surface area contributed by atoms with Crippen molar-refractivity contribution in [2.75, 3.05) is 13.1 Å². The van der Waals surface area contributed by atoms with E-state index in [-0.39, 0.29) is 0 Å². The summed E-state index contributed by atoms with van der Waals surface area (Å²) in [5.74, 6) is 0.791. The monoisotopic (exact) mass is 183 g/mol. The van der Waals surface area contributed by atoms with Gasteiger partial charge in [0.1, 0.15) is 0 Å². The molecule has 0 aliphatic carbocycles. The maximum absolute atomic E-state index is 2.66. The van der Waals surface area contributed by atoms with Gasteiger partial charge in [0.25, 0.3) is 0 Å². The van der Waals surface area contributed by atoms with Gasteiger partial charge in [0.15, 0.2) is 0 Å². The summed E-state index contributed by atoms with van der Waals surface area (Å²) >= 11 is 0. The average Bonchev–Trinajstić information content (AvgIpc) is 2.47. The highest BCUT2D eigenvalue weighted by atomic mass is 15.2. The lowest BCUT2D eigenvalue weighted by Gasteiger charge is -2.29. The van der Waals surface area contributed by atoms with Crippen LogP contribution in [-0.2, 0) is 0 Å². The lowest BCUT2D eigenvalue weighted by atomic mass is 9.87. The topological polar surface area (TPSA) is 3.24 Å². The molecule has 1 aliphatic rings. The van der Waals surface area contributed by atoms with Crippen molar-refractivity contribution in [2.24, 2.45) is 11.3 Å². The van der Waals surface area contributed by atoms with Crippen LogP contribution in [0.15, 0.2) is 0 Å². The number of hydrogen-bond donors (Lipinski definition) is 0. The van der Waals surface area contributed by atoms with Gasteiger partial charge >= 0.3 is 0 Å². The molecule has 0 amide bonds. The minimum absolute atomic E-state index is 0.600. The lowest BCUT2D eigenvalue weighted by Crippen LogP contribution is -2.36. The summed E-state index contributed by atoms with van der Waals surface area (Å²) in [6.07, 6.45) is 2.72. The molecular weight excluding hydrogens is 158 g/mol. The summed E-state index contributed by atoms with van der Waals surface area (Å²) in [6, 6.07) is 0.758. The van der Waals surface area contributed by atoms with Gasteiger partial charge in [-0.3, -0.25) is 4.90 Å². The van der Waals surface area contributed by atoms with Crippen LogP contribution < -0.4 is 0 Å². The fourth-order valence-electron chi connectivity index (χ4n) is 2.12. The van der Waals surface area contributed by atoms with E-state index in [1.54, 1.807) is 0 Å². The maximum Gasteiger partial charge on any atom is 0.00901 e. The summed E-state index contributed by atoms with van der Waals surface area (Å²) in [5, 5.41) is 0. The molecule has 78 valence electrons. The van der Waals surface area contributed by atoms with Crippen LogP contribution in [0.2, 0.25) is 0 Å². The van der Waals surface area contributed by atoms with Crippen LogP contribution in [0.1, 0.15) is 47.5 Å². The van der Waals surface area contributed by atoms with E-state index in [4.69, 9.17) is 0 Å². The third-order valence-corrected chi connectivity index (χ3v) is 3.98. The quantitative estimate of drug-likeness (QED) is 0.649. The number of likely N-dealkylation sites (tertiary alicyclic amines) is 1. The van der Waals surface area contributed by atoms with Gasteiger partial charge in [-0.15, -0.1) is 0 Å². The number of nitrogens with zero attached hydrogens (tertiary/aromatic N) is 1. The van der Waals surface area contributed by atoms with Gasteiger partial charge in [0.2, 0.25) is 0 Å². The van der Waals surface area contributed by atoms with Crippen LogP contribution >= 0.6 is 0 Å². The Labute approximate surface area is 83.5 Å². The first-order chi connectivity index (χ1) is 5.98. The van der Waals surface area contributed by atoms with Gasteiger partial charge in [-0.2, -0.15) is 0 Å². The van der Waals surface area contributed by atoms with E-state index >= 15 is 0 Å². The van der Waals surface area contributed by atoms with Crippen molar-refractivity contribution in [1.82, 2.24) is 4.90 Å². The molecular formula is C12H25N. The largest absolute Gasteiger partial charge is 0.300 e. The molecule has 1 fully saturated rings. The molecule has 1 aliphatic heterocycles. The van der Waals surface area contributed by atoms with E-state index in [0.717, 1.165) is 12.0 Å². The summed E-state index contributed by atoms with van der Waals surface area (Å²) in [4.78, 5) is 2.66. The minimum atomic E-state index is 0.600. The summed E-state index contributed by atoms with van der Waals surface area (Å²) < 4.78 is 0. The van der Waals surface area contributed by atoms with Crippen molar-refractivity contribution in [3.05, 3.63) is 0 Å². The SMILES string of the molecule is CCC1(C)CCN(C(C)C(C)C)C1. The maximum atomic E-state index is 2.66. The van der Waals surface area contributed by atoms with Gasteiger partial charge in [-0.05, 0) is 37.6 Å². The molecule has 0 aromatic heterocycles. The molecule has 1 rings (SSSR count). The predicted molar refractivity (Wildman–Crippen MR) is 58.9 cm³/mol. The fraction of sp³-hybridized carbons (Fsp3) is 1.00. The highest BCUT2D eigenvalue weighted by Gasteiger charge is 2.34. The Morgan fingerprint density at radius 3 is 2.31 bits per heavy atom. The van der Waals surface area contributed by atoms with E-state index in [9.17, 15) is 0 Å². The van der Waals surface area contributed by atoms with Gasteiger partial charge in [0.05, 0.1) is 0 Å². The van der Waals surface area contributed by atoms with Crippen LogP contribution in [0, 0.1) is 11.3 Å². The van der Waals surface area contributed by atoms with Crippen LogP contribution in [0.3, 0.4) is 0 Å². The van der Waals surface area contributed by atoms with Crippen LogP contribution in [0.4, 0.5) is 0 Å². The molecule has 0 radical (unpaired) electrons. The number of rotatable bonds is 3.